The normalized spacial score (nSPS) is 26.7. The smallest absolute Gasteiger partial charge is 0.261 e. The highest BCUT2D eigenvalue weighted by Crippen LogP contribution is 2.57. The second kappa shape index (κ2) is 10.4. The van der Waals surface area contributed by atoms with E-state index in [0.717, 1.165) is 12.8 Å². The molecule has 5 heteroatoms. The lowest BCUT2D eigenvalue weighted by atomic mass is 9.65. The Bertz CT molecular complexity index is 1010. The first kappa shape index (κ1) is 27.0. The van der Waals surface area contributed by atoms with Crippen LogP contribution in [0.15, 0.2) is 73.3 Å². The SMILES string of the molecule is C=CC[C@@]12C[C@@H](CO[Si](c3ccccc3)(c3ccccc3)C(C)(C)C)O[C@]1(OC(C)C)CCCC2=O. The third-order valence-electron chi connectivity index (χ3n) is 7.93. The van der Waals surface area contributed by atoms with Gasteiger partial charge < -0.3 is 13.9 Å². The molecule has 1 heterocycles. The van der Waals surface area contributed by atoms with Crippen LogP contribution in [0, 0.1) is 5.41 Å². The lowest BCUT2D eigenvalue weighted by molar-refractivity contribution is -0.289. The average Bonchev–Trinajstić information content (AvgIpc) is 3.14. The van der Waals surface area contributed by atoms with Crippen LogP contribution in [-0.4, -0.2) is 38.7 Å². The molecule has 0 N–H and O–H groups in total. The fourth-order valence-corrected chi connectivity index (χ4v) is 11.2. The molecule has 0 amide bonds. The van der Waals surface area contributed by atoms with Gasteiger partial charge in [-0.25, -0.2) is 0 Å². The molecule has 0 aromatic heterocycles. The highest BCUT2D eigenvalue weighted by molar-refractivity contribution is 6.99. The molecule has 2 aliphatic rings. The molecule has 4 nitrogen and oxygen atoms in total. The molecule has 36 heavy (non-hydrogen) atoms. The molecular formula is C31H42O4Si. The minimum Gasteiger partial charge on any atom is -0.405 e. The summed E-state index contributed by atoms with van der Waals surface area (Å²) < 4.78 is 20.5. The van der Waals surface area contributed by atoms with E-state index in [-0.39, 0.29) is 23.0 Å². The molecule has 1 aliphatic heterocycles. The van der Waals surface area contributed by atoms with Gasteiger partial charge in [-0.2, -0.15) is 0 Å². The number of Topliss-reactive ketones (excluding diaryl/α,β-unsaturated/α-hetero) is 1. The third-order valence-corrected chi connectivity index (χ3v) is 12.9. The van der Waals surface area contributed by atoms with Crippen LogP contribution < -0.4 is 10.4 Å². The van der Waals surface area contributed by atoms with E-state index in [1.807, 2.05) is 19.9 Å². The van der Waals surface area contributed by atoms with Gasteiger partial charge in [-0.05, 0) is 48.5 Å². The van der Waals surface area contributed by atoms with Crippen molar-refractivity contribution in [2.45, 2.75) is 89.8 Å². The Balaban J connectivity index is 1.73. The Kier molecular flexibility index (Phi) is 7.78. The minimum absolute atomic E-state index is 0.0450. The lowest BCUT2D eigenvalue weighted by Crippen LogP contribution is -2.67. The van der Waals surface area contributed by atoms with Crippen LogP contribution in [0.25, 0.3) is 0 Å². The van der Waals surface area contributed by atoms with E-state index in [4.69, 9.17) is 13.9 Å². The highest BCUT2D eigenvalue weighted by Gasteiger charge is 2.65. The second-order valence-corrected chi connectivity index (χ2v) is 16.0. The molecule has 2 aromatic carbocycles. The van der Waals surface area contributed by atoms with E-state index in [9.17, 15) is 4.79 Å². The van der Waals surface area contributed by atoms with Crippen LogP contribution in [0.1, 0.15) is 66.7 Å². The Morgan fingerprint density at radius 3 is 2.17 bits per heavy atom. The summed E-state index contributed by atoms with van der Waals surface area (Å²) in [5.74, 6) is -0.674. The van der Waals surface area contributed by atoms with Crippen LogP contribution in [0.4, 0.5) is 0 Å². The van der Waals surface area contributed by atoms with Gasteiger partial charge in [0.05, 0.1) is 24.2 Å². The fourth-order valence-electron chi connectivity index (χ4n) is 6.57. The van der Waals surface area contributed by atoms with Gasteiger partial charge in [-0.1, -0.05) is 87.5 Å². The van der Waals surface area contributed by atoms with Crippen molar-refractivity contribution in [2.24, 2.45) is 5.41 Å². The monoisotopic (exact) mass is 506 g/mol. The number of ether oxygens (including phenoxy) is 2. The quantitative estimate of drug-likeness (QED) is 0.319. The lowest BCUT2D eigenvalue weighted by Gasteiger charge is -2.46. The molecule has 194 valence electrons. The maximum Gasteiger partial charge on any atom is 0.261 e. The van der Waals surface area contributed by atoms with Crippen molar-refractivity contribution in [3.63, 3.8) is 0 Å². The van der Waals surface area contributed by atoms with E-state index in [2.05, 4.69) is 88.0 Å². The number of ketones is 1. The molecule has 1 saturated heterocycles. The number of hydrogen-bond acceptors (Lipinski definition) is 4. The summed E-state index contributed by atoms with van der Waals surface area (Å²) in [6.45, 7) is 15.3. The Morgan fingerprint density at radius 2 is 1.67 bits per heavy atom. The largest absolute Gasteiger partial charge is 0.405 e. The Hall–Kier alpha value is -2.05. The van der Waals surface area contributed by atoms with Gasteiger partial charge in [0.1, 0.15) is 5.78 Å². The fraction of sp³-hybridized carbons (Fsp3) is 0.516. The number of allylic oxidation sites excluding steroid dienone is 1. The molecular weight excluding hydrogens is 464 g/mol. The van der Waals surface area contributed by atoms with Crippen LogP contribution in [0.5, 0.6) is 0 Å². The molecule has 4 rings (SSSR count). The topological polar surface area (TPSA) is 44.8 Å². The molecule has 0 unspecified atom stereocenters. The van der Waals surface area contributed by atoms with E-state index < -0.39 is 19.5 Å². The second-order valence-electron chi connectivity index (χ2n) is 11.7. The highest BCUT2D eigenvalue weighted by atomic mass is 28.4. The number of carbonyl (C=O) groups is 1. The van der Waals surface area contributed by atoms with Gasteiger partial charge >= 0.3 is 0 Å². The van der Waals surface area contributed by atoms with Crippen LogP contribution in [0.3, 0.4) is 0 Å². The summed E-state index contributed by atoms with van der Waals surface area (Å²) >= 11 is 0. The predicted molar refractivity (Wildman–Crippen MR) is 148 cm³/mol. The first-order valence-corrected chi connectivity index (χ1v) is 15.3. The van der Waals surface area contributed by atoms with E-state index >= 15 is 0 Å². The molecule has 2 fully saturated rings. The standard InChI is InChI=1S/C31H42O4Si/c1-7-20-30-22-25(35-31(30,34-24(2)3)21-14-19-28(30)32)23-33-36(29(4,5)6,26-15-10-8-11-16-26)27-17-12-9-13-18-27/h7-13,15-18,24-25H,1,14,19-23H2,2-6H3/t25-,30-,31+/m0/s1. The van der Waals surface area contributed by atoms with E-state index in [1.165, 1.54) is 10.4 Å². The summed E-state index contributed by atoms with van der Waals surface area (Å²) in [7, 11) is -2.71. The molecule has 0 bridgehead atoms. The maximum absolute atomic E-state index is 13.5. The third kappa shape index (κ3) is 4.56. The Morgan fingerprint density at radius 1 is 1.08 bits per heavy atom. The van der Waals surface area contributed by atoms with Crippen molar-refractivity contribution in [2.75, 3.05) is 6.61 Å². The summed E-state index contributed by atoms with van der Waals surface area (Å²) in [6.07, 6.45) is 4.83. The zero-order chi connectivity index (χ0) is 26.0. The van der Waals surface area contributed by atoms with Crippen molar-refractivity contribution < 1.29 is 18.7 Å². The molecule has 1 aliphatic carbocycles. The van der Waals surface area contributed by atoms with E-state index in [1.54, 1.807) is 0 Å². The van der Waals surface area contributed by atoms with Crippen molar-refractivity contribution in [1.82, 2.24) is 0 Å². The first-order valence-electron chi connectivity index (χ1n) is 13.3. The minimum atomic E-state index is -2.71. The summed E-state index contributed by atoms with van der Waals surface area (Å²) in [5, 5.41) is 2.36. The van der Waals surface area contributed by atoms with Gasteiger partial charge in [-0.3, -0.25) is 4.79 Å². The average molecular weight is 507 g/mol. The van der Waals surface area contributed by atoms with Gasteiger partial charge in [0, 0.05) is 12.8 Å². The van der Waals surface area contributed by atoms with Gasteiger partial charge in [0.15, 0.2) is 5.79 Å². The van der Waals surface area contributed by atoms with Gasteiger partial charge in [0.25, 0.3) is 8.32 Å². The number of fused-ring (bicyclic) bond motifs is 1. The summed E-state index contributed by atoms with van der Waals surface area (Å²) in [4.78, 5) is 13.5. The maximum atomic E-state index is 13.5. The number of benzene rings is 2. The van der Waals surface area contributed by atoms with Crippen molar-refractivity contribution in [1.29, 1.82) is 0 Å². The van der Waals surface area contributed by atoms with Crippen molar-refractivity contribution >= 4 is 24.5 Å². The Labute approximate surface area is 218 Å². The number of hydrogen-bond donors (Lipinski definition) is 0. The molecule has 0 spiro atoms. The van der Waals surface area contributed by atoms with Crippen LogP contribution >= 0.6 is 0 Å². The molecule has 2 aromatic rings. The van der Waals surface area contributed by atoms with Gasteiger partial charge in [0.2, 0.25) is 0 Å². The zero-order valence-corrected chi connectivity index (χ0v) is 23.6. The molecule has 1 saturated carbocycles. The van der Waals surface area contributed by atoms with Crippen molar-refractivity contribution in [3.8, 4) is 0 Å². The zero-order valence-electron chi connectivity index (χ0n) is 22.6. The van der Waals surface area contributed by atoms with E-state index in [0.29, 0.717) is 25.9 Å². The predicted octanol–water partition coefficient (Wildman–Crippen LogP) is 5.79. The number of rotatable bonds is 9. The van der Waals surface area contributed by atoms with Crippen LogP contribution in [-0.2, 0) is 18.7 Å². The molecule has 3 atom stereocenters. The van der Waals surface area contributed by atoms with Gasteiger partial charge in [-0.15, -0.1) is 6.58 Å². The van der Waals surface area contributed by atoms with Crippen LogP contribution in [0.2, 0.25) is 5.04 Å². The molecule has 0 radical (unpaired) electrons. The summed E-state index contributed by atoms with van der Waals surface area (Å²) in [6, 6.07) is 21.3. The van der Waals surface area contributed by atoms with Crippen molar-refractivity contribution in [3.05, 3.63) is 73.3 Å². The number of carbonyl (C=O) groups excluding carboxylic acids is 1. The first-order chi connectivity index (χ1) is 17.1. The summed E-state index contributed by atoms with van der Waals surface area (Å²) in [5.41, 5.74) is -0.698.